The maximum Gasteiger partial charge on any atom is 0.237 e. The van der Waals surface area contributed by atoms with Gasteiger partial charge in [0.15, 0.2) is 0 Å². The molecule has 0 aromatic carbocycles. The number of pyridine rings is 1. The van der Waals surface area contributed by atoms with E-state index in [9.17, 15) is 0 Å². The Morgan fingerprint density at radius 2 is 2.30 bits per heavy atom. The molecule has 3 rings (SSSR count). The van der Waals surface area contributed by atoms with Gasteiger partial charge in [-0.2, -0.15) is 4.98 Å². The van der Waals surface area contributed by atoms with E-state index in [1.807, 2.05) is 19.1 Å². The van der Waals surface area contributed by atoms with Crippen molar-refractivity contribution in [1.82, 2.24) is 30.3 Å². The van der Waals surface area contributed by atoms with Crippen LogP contribution in [0, 0.1) is 0 Å². The van der Waals surface area contributed by atoms with Crippen molar-refractivity contribution in [3.05, 3.63) is 36.2 Å². The van der Waals surface area contributed by atoms with E-state index in [2.05, 4.69) is 30.3 Å². The minimum atomic E-state index is 0.536. The zero-order valence-corrected chi connectivity index (χ0v) is 11.6. The van der Waals surface area contributed by atoms with Crippen molar-refractivity contribution in [3.8, 4) is 11.4 Å². The second-order valence-corrected chi connectivity index (χ2v) is 4.90. The summed E-state index contributed by atoms with van der Waals surface area (Å²) in [7, 11) is 0. The first-order valence-electron chi connectivity index (χ1n) is 6.12. The molecule has 20 heavy (non-hydrogen) atoms. The Bertz CT molecular complexity index is 680. The Morgan fingerprint density at radius 3 is 3.05 bits per heavy atom. The van der Waals surface area contributed by atoms with Gasteiger partial charge in [-0.3, -0.25) is 10.1 Å². The maximum absolute atomic E-state index is 5.20. The predicted octanol–water partition coefficient (Wildman–Crippen LogP) is 2.10. The van der Waals surface area contributed by atoms with Crippen LogP contribution >= 0.6 is 11.8 Å². The summed E-state index contributed by atoms with van der Waals surface area (Å²) in [5, 5.41) is 11.6. The van der Waals surface area contributed by atoms with Crippen LogP contribution in [0.5, 0.6) is 0 Å². The summed E-state index contributed by atoms with van der Waals surface area (Å²) < 4.78 is 5.20. The minimum Gasteiger partial charge on any atom is -0.338 e. The lowest BCUT2D eigenvalue weighted by atomic mass is 10.3. The molecule has 0 saturated heterocycles. The molecule has 1 N–H and O–H groups in total. The molecule has 0 radical (unpaired) electrons. The molecule has 3 aromatic rings. The van der Waals surface area contributed by atoms with Gasteiger partial charge in [-0.25, -0.2) is 4.98 Å². The zero-order valence-electron chi connectivity index (χ0n) is 10.8. The molecule has 102 valence electrons. The second-order valence-electron chi connectivity index (χ2n) is 3.96. The lowest BCUT2D eigenvalue weighted by Crippen LogP contribution is -1.84. The van der Waals surface area contributed by atoms with E-state index in [4.69, 9.17) is 4.52 Å². The van der Waals surface area contributed by atoms with Crippen molar-refractivity contribution in [2.45, 2.75) is 24.3 Å². The molecule has 0 atom stereocenters. The van der Waals surface area contributed by atoms with Gasteiger partial charge in [-0.1, -0.05) is 23.8 Å². The normalized spacial score (nSPS) is 10.8. The summed E-state index contributed by atoms with van der Waals surface area (Å²) in [5.74, 6) is 2.48. The summed E-state index contributed by atoms with van der Waals surface area (Å²) in [6.45, 7) is 2.02. The van der Waals surface area contributed by atoms with E-state index in [1.165, 1.54) is 11.8 Å². The molecule has 3 heterocycles. The van der Waals surface area contributed by atoms with Crippen LogP contribution in [0.25, 0.3) is 11.4 Å². The fourth-order valence-electron chi connectivity index (χ4n) is 1.55. The molecular formula is C12H12N6OS. The molecule has 3 aromatic heterocycles. The summed E-state index contributed by atoms with van der Waals surface area (Å²) >= 11 is 1.45. The highest BCUT2D eigenvalue weighted by Crippen LogP contribution is 2.20. The highest BCUT2D eigenvalue weighted by atomic mass is 32.2. The van der Waals surface area contributed by atoms with Crippen molar-refractivity contribution in [2.75, 3.05) is 0 Å². The average molecular weight is 288 g/mol. The largest absolute Gasteiger partial charge is 0.338 e. The van der Waals surface area contributed by atoms with Gasteiger partial charge in [0.1, 0.15) is 5.82 Å². The highest BCUT2D eigenvalue weighted by Gasteiger charge is 2.10. The van der Waals surface area contributed by atoms with Gasteiger partial charge in [-0.15, -0.1) is 5.10 Å². The summed E-state index contributed by atoms with van der Waals surface area (Å²) in [5.41, 5.74) is 0.832. The molecule has 7 nitrogen and oxygen atoms in total. The van der Waals surface area contributed by atoms with Gasteiger partial charge in [-0.05, 0) is 12.1 Å². The van der Waals surface area contributed by atoms with Crippen LogP contribution in [-0.2, 0) is 12.2 Å². The van der Waals surface area contributed by atoms with Crippen LogP contribution in [0.3, 0.4) is 0 Å². The average Bonchev–Trinajstić information content (AvgIpc) is 3.15. The Kier molecular flexibility index (Phi) is 3.73. The number of nitrogens with zero attached hydrogens (tertiary/aromatic N) is 5. The summed E-state index contributed by atoms with van der Waals surface area (Å²) in [4.78, 5) is 12.6. The molecule has 0 bridgehead atoms. The van der Waals surface area contributed by atoms with Crippen molar-refractivity contribution < 1.29 is 4.52 Å². The van der Waals surface area contributed by atoms with Gasteiger partial charge in [0.25, 0.3) is 0 Å². The second kappa shape index (κ2) is 5.83. The number of hydrogen-bond donors (Lipinski definition) is 1. The zero-order chi connectivity index (χ0) is 13.8. The van der Waals surface area contributed by atoms with Crippen molar-refractivity contribution in [2.24, 2.45) is 0 Å². The molecule has 0 aliphatic heterocycles. The predicted molar refractivity (Wildman–Crippen MR) is 72.9 cm³/mol. The first kappa shape index (κ1) is 12.8. The van der Waals surface area contributed by atoms with Crippen LogP contribution in [-0.4, -0.2) is 30.3 Å². The standard InChI is InChI=1S/C12H12N6OS/c1-2-9-14-12(17-16-9)20-7-10-15-11(18-19-10)8-4-3-5-13-6-8/h3-6H,2,7H2,1H3,(H,14,16,17). The van der Waals surface area contributed by atoms with Gasteiger partial charge in [0.2, 0.25) is 16.9 Å². The van der Waals surface area contributed by atoms with E-state index >= 15 is 0 Å². The summed E-state index contributed by atoms with van der Waals surface area (Å²) in [6, 6.07) is 3.72. The van der Waals surface area contributed by atoms with E-state index in [1.54, 1.807) is 12.4 Å². The van der Waals surface area contributed by atoms with Gasteiger partial charge < -0.3 is 4.52 Å². The third-order valence-electron chi connectivity index (χ3n) is 2.56. The molecule has 0 fully saturated rings. The molecule has 0 unspecified atom stereocenters. The lowest BCUT2D eigenvalue weighted by molar-refractivity contribution is 0.391. The minimum absolute atomic E-state index is 0.536. The Labute approximate surface area is 119 Å². The quantitative estimate of drug-likeness (QED) is 0.718. The van der Waals surface area contributed by atoms with Crippen LogP contribution in [0.2, 0.25) is 0 Å². The molecule has 8 heteroatoms. The van der Waals surface area contributed by atoms with E-state index in [-0.39, 0.29) is 0 Å². The van der Waals surface area contributed by atoms with Crippen molar-refractivity contribution in [3.63, 3.8) is 0 Å². The lowest BCUT2D eigenvalue weighted by Gasteiger charge is -1.90. The Balaban J connectivity index is 1.65. The highest BCUT2D eigenvalue weighted by molar-refractivity contribution is 7.98. The van der Waals surface area contributed by atoms with Crippen molar-refractivity contribution in [1.29, 1.82) is 0 Å². The first-order chi connectivity index (χ1) is 9.85. The fourth-order valence-corrected chi connectivity index (χ4v) is 2.21. The number of H-pyrrole nitrogens is 1. The number of aromatic nitrogens is 6. The number of aryl methyl sites for hydroxylation is 1. The Morgan fingerprint density at radius 1 is 1.35 bits per heavy atom. The number of rotatable bonds is 5. The number of nitrogens with one attached hydrogen (secondary N) is 1. The van der Waals surface area contributed by atoms with Crippen LogP contribution in [0.15, 0.2) is 34.2 Å². The molecule has 0 amide bonds. The number of aromatic amines is 1. The Hall–Kier alpha value is -2.22. The first-order valence-corrected chi connectivity index (χ1v) is 7.10. The van der Waals surface area contributed by atoms with Gasteiger partial charge in [0.05, 0.1) is 5.75 Å². The maximum atomic E-state index is 5.20. The fraction of sp³-hybridized carbons (Fsp3) is 0.250. The molecular weight excluding hydrogens is 276 g/mol. The summed E-state index contributed by atoms with van der Waals surface area (Å²) in [6.07, 6.45) is 4.23. The van der Waals surface area contributed by atoms with Crippen LogP contribution < -0.4 is 0 Å². The van der Waals surface area contributed by atoms with Gasteiger partial charge >= 0.3 is 0 Å². The molecule has 0 aliphatic rings. The van der Waals surface area contributed by atoms with Crippen LogP contribution in [0.1, 0.15) is 18.6 Å². The third-order valence-corrected chi connectivity index (χ3v) is 3.39. The molecule has 0 aliphatic carbocycles. The van der Waals surface area contributed by atoms with Crippen molar-refractivity contribution >= 4 is 11.8 Å². The number of thioether (sulfide) groups is 1. The monoisotopic (exact) mass is 288 g/mol. The SMILES string of the molecule is CCc1nc(SCc2nc(-c3cccnc3)no2)n[nH]1. The third kappa shape index (κ3) is 2.85. The van der Waals surface area contributed by atoms with Gasteiger partial charge in [0, 0.05) is 24.4 Å². The smallest absolute Gasteiger partial charge is 0.237 e. The molecule has 0 spiro atoms. The van der Waals surface area contributed by atoms with E-state index in [0.717, 1.165) is 17.8 Å². The molecule has 0 saturated carbocycles. The van der Waals surface area contributed by atoms with E-state index in [0.29, 0.717) is 22.6 Å². The topological polar surface area (TPSA) is 93.4 Å². The van der Waals surface area contributed by atoms with Crippen LogP contribution in [0.4, 0.5) is 0 Å². The van der Waals surface area contributed by atoms with E-state index < -0.39 is 0 Å². The number of hydrogen-bond acceptors (Lipinski definition) is 7.